The van der Waals surface area contributed by atoms with E-state index in [9.17, 15) is 0 Å². The predicted octanol–water partition coefficient (Wildman–Crippen LogP) is 2.50. The Morgan fingerprint density at radius 3 is 2.83 bits per heavy atom. The Labute approximate surface area is 142 Å². The first-order chi connectivity index (χ1) is 11.8. The summed E-state index contributed by atoms with van der Waals surface area (Å²) in [6, 6.07) is 10.4. The van der Waals surface area contributed by atoms with E-state index in [-0.39, 0.29) is 0 Å². The summed E-state index contributed by atoms with van der Waals surface area (Å²) in [5.74, 6) is 0. The smallest absolute Gasteiger partial charge is 0.137 e. The van der Waals surface area contributed by atoms with Crippen molar-refractivity contribution in [2.24, 2.45) is 0 Å². The molecule has 4 rings (SSSR count). The van der Waals surface area contributed by atoms with E-state index in [1.807, 2.05) is 24.5 Å². The largest absolute Gasteiger partial charge is 0.315 e. The lowest BCUT2D eigenvalue weighted by atomic mass is 10.1. The summed E-state index contributed by atoms with van der Waals surface area (Å²) in [5, 5.41) is 3.48. The second-order valence-electron chi connectivity index (χ2n) is 6.38. The zero-order valence-corrected chi connectivity index (χ0v) is 14.1. The summed E-state index contributed by atoms with van der Waals surface area (Å²) in [6.07, 6.45) is 4.87. The van der Waals surface area contributed by atoms with E-state index in [2.05, 4.69) is 44.7 Å². The Morgan fingerprint density at radius 1 is 1.08 bits per heavy atom. The summed E-state index contributed by atoms with van der Waals surface area (Å²) < 4.78 is 2.30. The van der Waals surface area contributed by atoms with Gasteiger partial charge < -0.3 is 5.32 Å². The molecule has 0 aliphatic carbocycles. The topological polar surface area (TPSA) is 45.5 Å². The molecule has 24 heavy (non-hydrogen) atoms. The van der Waals surface area contributed by atoms with Crippen LogP contribution in [0.3, 0.4) is 0 Å². The van der Waals surface area contributed by atoms with Crippen molar-refractivity contribution >= 4 is 5.65 Å². The minimum atomic E-state index is 0.922. The van der Waals surface area contributed by atoms with Gasteiger partial charge in [0.1, 0.15) is 5.65 Å². The molecule has 1 fully saturated rings. The van der Waals surface area contributed by atoms with Gasteiger partial charge in [0.15, 0.2) is 0 Å². The van der Waals surface area contributed by atoms with Crippen LogP contribution in [0.2, 0.25) is 0 Å². The van der Waals surface area contributed by atoms with Crippen LogP contribution >= 0.6 is 0 Å². The summed E-state index contributed by atoms with van der Waals surface area (Å²) >= 11 is 0. The summed E-state index contributed by atoms with van der Waals surface area (Å²) in [4.78, 5) is 11.6. The maximum absolute atomic E-state index is 4.93. The number of nitrogens with one attached hydrogen (secondary N) is 1. The maximum Gasteiger partial charge on any atom is 0.137 e. The van der Waals surface area contributed by atoms with Crippen LogP contribution in [0.1, 0.15) is 17.8 Å². The van der Waals surface area contributed by atoms with Crippen molar-refractivity contribution in [1.82, 2.24) is 24.6 Å². The van der Waals surface area contributed by atoms with Crippen molar-refractivity contribution in [3.05, 3.63) is 54.1 Å². The van der Waals surface area contributed by atoms with Crippen molar-refractivity contribution in [2.75, 3.05) is 26.2 Å². The van der Waals surface area contributed by atoms with E-state index in [1.54, 1.807) is 0 Å². The number of pyridine rings is 2. The van der Waals surface area contributed by atoms with Crippen molar-refractivity contribution < 1.29 is 0 Å². The molecule has 3 aromatic heterocycles. The first-order valence-corrected chi connectivity index (χ1v) is 8.63. The second kappa shape index (κ2) is 6.71. The van der Waals surface area contributed by atoms with Crippen LogP contribution in [0.15, 0.2) is 42.7 Å². The number of fused-ring (bicyclic) bond motifs is 1. The van der Waals surface area contributed by atoms with Crippen LogP contribution in [-0.4, -0.2) is 45.4 Å². The molecule has 5 nitrogen and oxygen atoms in total. The quantitative estimate of drug-likeness (QED) is 0.805. The second-order valence-corrected chi connectivity index (χ2v) is 6.38. The zero-order chi connectivity index (χ0) is 16.4. The molecule has 0 aromatic carbocycles. The number of hydrogen-bond acceptors (Lipinski definition) is 4. The van der Waals surface area contributed by atoms with Gasteiger partial charge in [-0.3, -0.25) is 14.3 Å². The fraction of sp³-hybridized carbons (Fsp3) is 0.368. The fourth-order valence-corrected chi connectivity index (χ4v) is 3.48. The molecule has 1 aliphatic rings. The molecule has 1 aliphatic heterocycles. The Hall–Kier alpha value is -2.24. The third-order valence-electron chi connectivity index (χ3n) is 4.69. The van der Waals surface area contributed by atoms with Crippen LogP contribution < -0.4 is 5.32 Å². The molecule has 3 aromatic rings. The van der Waals surface area contributed by atoms with Crippen LogP contribution in [0.4, 0.5) is 0 Å². The Balaban J connectivity index is 1.81. The highest BCUT2D eigenvalue weighted by Gasteiger charge is 2.18. The van der Waals surface area contributed by atoms with Gasteiger partial charge in [-0.05, 0) is 50.7 Å². The number of imidazole rings is 1. The summed E-state index contributed by atoms with van der Waals surface area (Å²) in [5.41, 5.74) is 5.73. The van der Waals surface area contributed by atoms with Crippen molar-refractivity contribution in [3.63, 3.8) is 0 Å². The first-order valence-electron chi connectivity index (χ1n) is 8.63. The predicted molar refractivity (Wildman–Crippen MR) is 95.9 cm³/mol. The number of aromatic nitrogens is 3. The molecular formula is C19H23N5. The zero-order valence-electron chi connectivity index (χ0n) is 14.1. The lowest BCUT2D eigenvalue weighted by Gasteiger charge is -2.20. The minimum Gasteiger partial charge on any atom is -0.315 e. The summed E-state index contributed by atoms with van der Waals surface area (Å²) in [7, 11) is 0. The van der Waals surface area contributed by atoms with Gasteiger partial charge in [0.25, 0.3) is 0 Å². The van der Waals surface area contributed by atoms with Gasteiger partial charge in [0.05, 0.1) is 11.4 Å². The molecule has 0 amide bonds. The highest BCUT2D eigenvalue weighted by molar-refractivity contribution is 5.66. The van der Waals surface area contributed by atoms with Gasteiger partial charge in [0, 0.05) is 43.3 Å². The van der Waals surface area contributed by atoms with Crippen molar-refractivity contribution in [3.8, 4) is 11.3 Å². The van der Waals surface area contributed by atoms with Crippen LogP contribution in [-0.2, 0) is 6.54 Å². The normalized spacial score (nSPS) is 16.4. The van der Waals surface area contributed by atoms with Gasteiger partial charge in [-0.25, -0.2) is 4.98 Å². The van der Waals surface area contributed by atoms with Crippen LogP contribution in [0, 0.1) is 6.92 Å². The third-order valence-corrected chi connectivity index (χ3v) is 4.69. The molecule has 0 radical (unpaired) electrons. The van der Waals surface area contributed by atoms with Gasteiger partial charge >= 0.3 is 0 Å². The molecule has 1 N–H and O–H groups in total. The van der Waals surface area contributed by atoms with Gasteiger partial charge in [-0.2, -0.15) is 0 Å². The fourth-order valence-electron chi connectivity index (χ4n) is 3.48. The van der Waals surface area contributed by atoms with E-state index in [0.29, 0.717) is 0 Å². The molecule has 0 bridgehead atoms. The molecule has 4 heterocycles. The van der Waals surface area contributed by atoms with Gasteiger partial charge in [0.2, 0.25) is 0 Å². The molecule has 124 valence electrons. The monoisotopic (exact) mass is 321 g/mol. The van der Waals surface area contributed by atoms with E-state index < -0.39 is 0 Å². The van der Waals surface area contributed by atoms with E-state index in [0.717, 1.165) is 49.6 Å². The number of nitrogens with zero attached hydrogens (tertiary/aromatic N) is 4. The first kappa shape index (κ1) is 15.3. The lowest BCUT2D eigenvalue weighted by molar-refractivity contribution is 0.280. The van der Waals surface area contributed by atoms with Crippen LogP contribution in [0.25, 0.3) is 16.9 Å². The lowest BCUT2D eigenvalue weighted by Crippen LogP contribution is -2.28. The number of rotatable bonds is 3. The van der Waals surface area contributed by atoms with E-state index in [1.165, 1.54) is 17.8 Å². The maximum atomic E-state index is 4.93. The highest BCUT2D eigenvalue weighted by atomic mass is 15.2. The van der Waals surface area contributed by atoms with E-state index in [4.69, 9.17) is 4.98 Å². The van der Waals surface area contributed by atoms with Crippen molar-refractivity contribution in [2.45, 2.75) is 19.9 Å². The Bertz CT molecular complexity index is 816. The molecule has 0 unspecified atom stereocenters. The summed E-state index contributed by atoms with van der Waals surface area (Å²) in [6.45, 7) is 7.45. The SMILES string of the molecule is Cc1cccc2nc(-c3ccncc3)c(CN3CCCNCC3)n12. The van der Waals surface area contributed by atoms with E-state index >= 15 is 0 Å². The number of hydrogen-bond donors (Lipinski definition) is 1. The Morgan fingerprint density at radius 2 is 1.96 bits per heavy atom. The standard InChI is InChI=1S/C19H23N5/c1-15-4-2-5-18-22-19(16-6-9-21-10-7-16)17(24(15)18)14-23-12-3-8-20-11-13-23/h2,4-7,9-10,20H,3,8,11-14H2,1H3. The van der Waals surface area contributed by atoms with Gasteiger partial charge in [-0.1, -0.05) is 6.07 Å². The van der Waals surface area contributed by atoms with Gasteiger partial charge in [-0.15, -0.1) is 0 Å². The average Bonchev–Trinajstić information content (AvgIpc) is 2.78. The third kappa shape index (κ3) is 2.92. The molecule has 5 heteroatoms. The minimum absolute atomic E-state index is 0.922. The molecule has 0 spiro atoms. The Kier molecular flexibility index (Phi) is 4.28. The average molecular weight is 321 g/mol. The molecule has 0 saturated carbocycles. The van der Waals surface area contributed by atoms with Crippen molar-refractivity contribution in [1.29, 1.82) is 0 Å². The number of aryl methyl sites for hydroxylation is 1. The molecular weight excluding hydrogens is 298 g/mol. The molecule has 0 atom stereocenters. The highest BCUT2D eigenvalue weighted by Crippen LogP contribution is 2.26. The molecule has 1 saturated heterocycles. The van der Waals surface area contributed by atoms with Crippen LogP contribution in [0.5, 0.6) is 0 Å².